The van der Waals surface area contributed by atoms with Crippen molar-refractivity contribution in [3.05, 3.63) is 71.3 Å². The zero-order valence-corrected chi connectivity index (χ0v) is 15.0. The van der Waals surface area contributed by atoms with Crippen LogP contribution in [0.5, 0.6) is 5.75 Å². The number of esters is 1. The van der Waals surface area contributed by atoms with Crippen molar-refractivity contribution < 1.29 is 27.4 Å². The molecule has 0 aromatic heterocycles. The smallest absolute Gasteiger partial charge is 0.416 e. The number of alkyl halides is 3. The maximum atomic E-state index is 13.1. The van der Waals surface area contributed by atoms with Gasteiger partial charge in [0.05, 0.1) is 17.7 Å². The van der Waals surface area contributed by atoms with Gasteiger partial charge in [-0.15, -0.1) is 0 Å². The third kappa shape index (κ3) is 4.51. The normalized spacial score (nSPS) is 15.8. The second-order valence-corrected chi connectivity index (χ2v) is 7.11. The Morgan fingerprint density at radius 3 is 2.52 bits per heavy atom. The Kier molecular flexibility index (Phi) is 5.00. The quantitative estimate of drug-likeness (QED) is 0.687. The van der Waals surface area contributed by atoms with Crippen molar-refractivity contribution in [2.24, 2.45) is 5.41 Å². The molecular weight excluding hydrogens is 357 g/mol. The Morgan fingerprint density at radius 2 is 1.85 bits per heavy atom. The molecule has 0 saturated carbocycles. The SMILES string of the molecule is CC1(C)C=C(C(=O)OCc2ccccc2)c2cc(C(F)(F)F)ccc2OC1. The van der Waals surface area contributed by atoms with E-state index >= 15 is 0 Å². The number of ether oxygens (including phenoxy) is 2. The average molecular weight is 376 g/mol. The Hall–Kier alpha value is -2.76. The Balaban J connectivity index is 1.96. The fourth-order valence-corrected chi connectivity index (χ4v) is 2.79. The van der Waals surface area contributed by atoms with Crippen LogP contribution in [0.3, 0.4) is 0 Å². The van der Waals surface area contributed by atoms with Crippen LogP contribution >= 0.6 is 0 Å². The first-order valence-corrected chi connectivity index (χ1v) is 8.44. The van der Waals surface area contributed by atoms with Crippen molar-refractivity contribution in [2.45, 2.75) is 26.6 Å². The molecule has 3 rings (SSSR count). The molecule has 0 radical (unpaired) electrons. The largest absolute Gasteiger partial charge is 0.492 e. The first kappa shape index (κ1) is 19.0. The molecule has 1 heterocycles. The van der Waals surface area contributed by atoms with Gasteiger partial charge in [-0.05, 0) is 23.8 Å². The van der Waals surface area contributed by atoms with Gasteiger partial charge < -0.3 is 9.47 Å². The standard InChI is InChI=1S/C21H19F3O3/c1-20(2)11-17(19(25)26-12-14-6-4-3-5-7-14)16-10-15(21(22,23)24)8-9-18(16)27-13-20/h3-11H,12-13H2,1-2H3. The minimum absolute atomic E-state index is 0.0343. The number of hydrogen-bond donors (Lipinski definition) is 0. The summed E-state index contributed by atoms with van der Waals surface area (Å²) >= 11 is 0. The topological polar surface area (TPSA) is 35.5 Å². The number of fused-ring (bicyclic) bond motifs is 1. The molecule has 0 N–H and O–H groups in total. The Labute approximate surface area is 155 Å². The van der Waals surface area contributed by atoms with Crippen LogP contribution < -0.4 is 4.74 Å². The highest BCUT2D eigenvalue weighted by Gasteiger charge is 2.34. The van der Waals surface area contributed by atoms with E-state index in [1.165, 1.54) is 6.07 Å². The predicted molar refractivity (Wildman–Crippen MR) is 94.9 cm³/mol. The molecule has 0 spiro atoms. The Bertz CT molecular complexity index is 868. The van der Waals surface area contributed by atoms with Crippen LogP contribution in [0, 0.1) is 5.41 Å². The van der Waals surface area contributed by atoms with Gasteiger partial charge >= 0.3 is 12.1 Å². The van der Waals surface area contributed by atoms with Gasteiger partial charge in [-0.25, -0.2) is 4.79 Å². The van der Waals surface area contributed by atoms with Gasteiger partial charge in [0.1, 0.15) is 12.4 Å². The summed E-state index contributed by atoms with van der Waals surface area (Å²) in [7, 11) is 0. The average Bonchev–Trinajstić information content (AvgIpc) is 2.76. The molecule has 27 heavy (non-hydrogen) atoms. The van der Waals surface area contributed by atoms with E-state index in [1.807, 2.05) is 32.0 Å². The molecule has 1 aliphatic heterocycles. The highest BCUT2D eigenvalue weighted by Crippen LogP contribution is 2.39. The molecule has 0 fully saturated rings. The van der Waals surface area contributed by atoms with Crippen molar-refractivity contribution >= 4 is 11.5 Å². The molecule has 0 unspecified atom stereocenters. The summed E-state index contributed by atoms with van der Waals surface area (Å²) in [5.41, 5.74) is -0.424. The third-order valence-corrected chi connectivity index (χ3v) is 4.16. The summed E-state index contributed by atoms with van der Waals surface area (Å²) in [5, 5.41) is 0. The van der Waals surface area contributed by atoms with Gasteiger partial charge in [-0.3, -0.25) is 0 Å². The maximum absolute atomic E-state index is 13.1. The summed E-state index contributed by atoms with van der Waals surface area (Å²) in [4.78, 5) is 12.7. The molecule has 0 aliphatic carbocycles. The second kappa shape index (κ2) is 7.10. The number of carbonyl (C=O) groups is 1. The molecule has 3 nitrogen and oxygen atoms in total. The van der Waals surface area contributed by atoms with E-state index < -0.39 is 23.1 Å². The van der Waals surface area contributed by atoms with Crippen LogP contribution in [0.15, 0.2) is 54.6 Å². The number of rotatable bonds is 3. The third-order valence-electron chi connectivity index (χ3n) is 4.16. The summed E-state index contributed by atoms with van der Waals surface area (Å²) < 4.78 is 50.4. The molecule has 0 atom stereocenters. The zero-order chi connectivity index (χ0) is 19.7. The van der Waals surface area contributed by atoms with E-state index in [9.17, 15) is 18.0 Å². The highest BCUT2D eigenvalue weighted by atomic mass is 19.4. The first-order chi connectivity index (χ1) is 12.7. The molecule has 2 aromatic carbocycles. The van der Waals surface area contributed by atoms with E-state index in [2.05, 4.69) is 0 Å². The molecule has 6 heteroatoms. The fourth-order valence-electron chi connectivity index (χ4n) is 2.79. The van der Waals surface area contributed by atoms with E-state index in [0.29, 0.717) is 0 Å². The van der Waals surface area contributed by atoms with Crippen LogP contribution in [0.4, 0.5) is 13.2 Å². The second-order valence-electron chi connectivity index (χ2n) is 7.11. The molecule has 2 aromatic rings. The van der Waals surface area contributed by atoms with E-state index in [4.69, 9.17) is 9.47 Å². The summed E-state index contributed by atoms with van der Waals surface area (Å²) in [6, 6.07) is 12.2. The first-order valence-electron chi connectivity index (χ1n) is 8.44. The van der Waals surface area contributed by atoms with Crippen molar-refractivity contribution in [1.82, 2.24) is 0 Å². The van der Waals surface area contributed by atoms with Crippen molar-refractivity contribution in [3.8, 4) is 5.75 Å². The lowest BCUT2D eigenvalue weighted by Crippen LogP contribution is -2.18. The van der Waals surface area contributed by atoms with Crippen molar-refractivity contribution in [2.75, 3.05) is 6.61 Å². The monoisotopic (exact) mass is 376 g/mol. The zero-order valence-electron chi connectivity index (χ0n) is 15.0. The molecule has 0 bridgehead atoms. The lowest BCUT2D eigenvalue weighted by molar-refractivity contribution is -0.139. The van der Waals surface area contributed by atoms with E-state index in [-0.39, 0.29) is 30.1 Å². The van der Waals surface area contributed by atoms with Crippen LogP contribution in [0.25, 0.3) is 5.57 Å². The lowest BCUT2D eigenvalue weighted by Gasteiger charge is -2.18. The van der Waals surface area contributed by atoms with Crippen molar-refractivity contribution in [3.63, 3.8) is 0 Å². The number of carbonyl (C=O) groups excluding carboxylic acids is 1. The van der Waals surface area contributed by atoms with Gasteiger partial charge in [-0.2, -0.15) is 13.2 Å². The lowest BCUT2D eigenvalue weighted by atomic mass is 9.90. The van der Waals surface area contributed by atoms with Crippen LogP contribution in [-0.4, -0.2) is 12.6 Å². The fraction of sp³-hybridized carbons (Fsp3) is 0.286. The van der Waals surface area contributed by atoms with Gasteiger partial charge in [0, 0.05) is 11.0 Å². The molecule has 1 aliphatic rings. The van der Waals surface area contributed by atoms with Gasteiger partial charge in [-0.1, -0.05) is 50.3 Å². The number of hydrogen-bond acceptors (Lipinski definition) is 3. The van der Waals surface area contributed by atoms with E-state index in [0.717, 1.165) is 17.7 Å². The molecular formula is C21H19F3O3. The summed E-state index contributed by atoms with van der Waals surface area (Å²) in [6.45, 7) is 3.95. The van der Waals surface area contributed by atoms with Crippen molar-refractivity contribution in [1.29, 1.82) is 0 Å². The van der Waals surface area contributed by atoms with Crippen LogP contribution in [0.2, 0.25) is 0 Å². The number of halogens is 3. The minimum Gasteiger partial charge on any atom is -0.492 e. The predicted octanol–water partition coefficient (Wildman–Crippen LogP) is 5.25. The molecule has 0 saturated heterocycles. The molecule has 0 amide bonds. The van der Waals surface area contributed by atoms with E-state index in [1.54, 1.807) is 18.2 Å². The van der Waals surface area contributed by atoms with Crippen LogP contribution in [-0.2, 0) is 22.3 Å². The van der Waals surface area contributed by atoms with Gasteiger partial charge in [0.25, 0.3) is 0 Å². The Morgan fingerprint density at radius 1 is 1.15 bits per heavy atom. The minimum atomic E-state index is -4.52. The van der Waals surface area contributed by atoms with Gasteiger partial charge in [0.15, 0.2) is 0 Å². The summed E-state index contributed by atoms with van der Waals surface area (Å²) in [5.74, 6) is -0.450. The maximum Gasteiger partial charge on any atom is 0.416 e. The summed E-state index contributed by atoms with van der Waals surface area (Å²) in [6.07, 6.45) is -2.90. The number of benzene rings is 2. The van der Waals surface area contributed by atoms with Crippen LogP contribution in [0.1, 0.15) is 30.5 Å². The van der Waals surface area contributed by atoms with Gasteiger partial charge in [0.2, 0.25) is 0 Å². The molecule has 142 valence electrons. The highest BCUT2D eigenvalue weighted by molar-refractivity contribution is 6.17.